The van der Waals surface area contributed by atoms with E-state index in [1.54, 1.807) is 24.3 Å². The molecule has 0 radical (unpaired) electrons. The molecule has 2 aromatic rings. The number of hydrogen-bond acceptors (Lipinski definition) is 3. The molecule has 112 valence electrons. The van der Waals surface area contributed by atoms with Gasteiger partial charge in [-0.15, -0.1) is 0 Å². The summed E-state index contributed by atoms with van der Waals surface area (Å²) in [6.45, 7) is 1.61. The van der Waals surface area contributed by atoms with Crippen LogP contribution in [-0.4, -0.2) is 30.9 Å². The summed E-state index contributed by atoms with van der Waals surface area (Å²) < 4.78 is 5.49. The highest BCUT2D eigenvalue weighted by molar-refractivity contribution is 6.30. The molecule has 0 amide bonds. The van der Waals surface area contributed by atoms with E-state index >= 15 is 0 Å². The van der Waals surface area contributed by atoms with Gasteiger partial charge in [-0.3, -0.25) is 0 Å². The lowest BCUT2D eigenvalue weighted by atomic mass is 10.1. The molecule has 2 rings (SSSR count). The molecule has 4 heteroatoms. The molecular formula is C17H20ClNO2. The molecule has 1 atom stereocenters. The van der Waals surface area contributed by atoms with Crippen molar-refractivity contribution in [2.75, 3.05) is 19.7 Å². The number of rotatable bonds is 8. The summed E-state index contributed by atoms with van der Waals surface area (Å²) in [5.41, 5.74) is 1.29. The van der Waals surface area contributed by atoms with Crippen molar-refractivity contribution >= 4 is 11.6 Å². The van der Waals surface area contributed by atoms with Gasteiger partial charge in [-0.1, -0.05) is 41.9 Å². The lowest BCUT2D eigenvalue weighted by Crippen LogP contribution is -2.32. The van der Waals surface area contributed by atoms with Crippen LogP contribution in [0.4, 0.5) is 0 Å². The van der Waals surface area contributed by atoms with Crippen LogP contribution in [-0.2, 0) is 6.42 Å². The topological polar surface area (TPSA) is 41.5 Å². The minimum absolute atomic E-state index is 0.264. The molecule has 1 unspecified atom stereocenters. The average molecular weight is 306 g/mol. The number of halogens is 1. The second-order valence-corrected chi connectivity index (χ2v) is 5.29. The zero-order chi connectivity index (χ0) is 14.9. The van der Waals surface area contributed by atoms with E-state index in [0.29, 0.717) is 17.3 Å². The molecule has 0 bridgehead atoms. The second kappa shape index (κ2) is 8.67. The Morgan fingerprint density at radius 2 is 1.76 bits per heavy atom. The van der Waals surface area contributed by atoms with E-state index in [0.717, 1.165) is 13.0 Å². The fraction of sp³-hybridized carbons (Fsp3) is 0.294. The van der Waals surface area contributed by atoms with Gasteiger partial charge in [0.25, 0.3) is 0 Å². The first kappa shape index (κ1) is 15.8. The van der Waals surface area contributed by atoms with Crippen LogP contribution < -0.4 is 10.1 Å². The van der Waals surface area contributed by atoms with Crippen LogP contribution in [0.25, 0.3) is 0 Å². The summed E-state index contributed by atoms with van der Waals surface area (Å²) in [4.78, 5) is 0. The molecule has 0 aliphatic rings. The fourth-order valence-electron chi connectivity index (χ4n) is 1.93. The lowest BCUT2D eigenvalue weighted by molar-refractivity contribution is 0.106. The largest absolute Gasteiger partial charge is 0.491 e. The zero-order valence-electron chi connectivity index (χ0n) is 11.8. The molecule has 0 saturated carbocycles. The number of nitrogens with one attached hydrogen (secondary N) is 1. The van der Waals surface area contributed by atoms with E-state index in [1.807, 2.05) is 18.2 Å². The van der Waals surface area contributed by atoms with Crippen molar-refractivity contribution in [3.05, 3.63) is 65.2 Å². The first-order chi connectivity index (χ1) is 10.2. The maximum Gasteiger partial charge on any atom is 0.119 e. The molecule has 2 N–H and O–H groups in total. The summed E-state index contributed by atoms with van der Waals surface area (Å²) >= 11 is 5.79. The van der Waals surface area contributed by atoms with E-state index in [9.17, 15) is 5.11 Å². The molecule has 0 aliphatic heterocycles. The first-order valence-electron chi connectivity index (χ1n) is 7.05. The zero-order valence-corrected chi connectivity index (χ0v) is 12.6. The second-order valence-electron chi connectivity index (χ2n) is 4.86. The number of aliphatic hydroxyl groups is 1. The van der Waals surface area contributed by atoms with E-state index in [2.05, 4.69) is 17.4 Å². The maximum absolute atomic E-state index is 9.85. The average Bonchev–Trinajstić information content (AvgIpc) is 2.52. The Labute approximate surface area is 130 Å². The van der Waals surface area contributed by atoms with Gasteiger partial charge in [0.2, 0.25) is 0 Å². The smallest absolute Gasteiger partial charge is 0.119 e. The van der Waals surface area contributed by atoms with Crippen molar-refractivity contribution in [2.45, 2.75) is 12.5 Å². The van der Waals surface area contributed by atoms with E-state index in [1.165, 1.54) is 5.56 Å². The van der Waals surface area contributed by atoms with Crippen LogP contribution in [0.2, 0.25) is 5.02 Å². The normalized spacial score (nSPS) is 12.1. The molecule has 0 aliphatic carbocycles. The van der Waals surface area contributed by atoms with Gasteiger partial charge >= 0.3 is 0 Å². The Kier molecular flexibility index (Phi) is 6.54. The summed E-state index contributed by atoms with van der Waals surface area (Å²) in [6, 6.07) is 17.4. The molecule has 0 heterocycles. The van der Waals surface area contributed by atoms with E-state index < -0.39 is 6.10 Å². The highest BCUT2D eigenvalue weighted by Crippen LogP contribution is 2.15. The molecule has 0 fully saturated rings. The monoisotopic (exact) mass is 305 g/mol. The third-order valence-electron chi connectivity index (χ3n) is 3.07. The predicted octanol–water partition coefficient (Wildman–Crippen LogP) is 2.91. The Morgan fingerprint density at radius 3 is 2.48 bits per heavy atom. The summed E-state index contributed by atoms with van der Waals surface area (Å²) in [7, 11) is 0. The van der Waals surface area contributed by atoms with Crippen LogP contribution in [0.5, 0.6) is 5.75 Å². The van der Waals surface area contributed by atoms with Crippen LogP contribution in [0.3, 0.4) is 0 Å². The summed E-state index contributed by atoms with van der Waals surface area (Å²) in [5.74, 6) is 0.711. The van der Waals surface area contributed by atoms with Gasteiger partial charge in [0.15, 0.2) is 0 Å². The quantitative estimate of drug-likeness (QED) is 0.737. The third-order valence-corrected chi connectivity index (χ3v) is 3.32. The van der Waals surface area contributed by atoms with Gasteiger partial charge in [0.05, 0.1) is 0 Å². The van der Waals surface area contributed by atoms with Gasteiger partial charge in [0.1, 0.15) is 18.5 Å². The van der Waals surface area contributed by atoms with Crippen LogP contribution >= 0.6 is 11.6 Å². The third kappa shape index (κ3) is 6.17. The van der Waals surface area contributed by atoms with E-state index in [4.69, 9.17) is 16.3 Å². The standard InChI is InChI=1S/C17H20ClNO2/c18-15-6-8-17(9-7-15)21-13-16(20)12-19-11-10-14-4-2-1-3-5-14/h1-9,16,19-20H,10-13H2. The van der Waals surface area contributed by atoms with Crippen molar-refractivity contribution in [1.29, 1.82) is 0 Å². The van der Waals surface area contributed by atoms with Gasteiger partial charge in [-0.25, -0.2) is 0 Å². The maximum atomic E-state index is 9.85. The Morgan fingerprint density at radius 1 is 1.05 bits per heavy atom. The van der Waals surface area contributed by atoms with Gasteiger partial charge in [-0.2, -0.15) is 0 Å². The highest BCUT2D eigenvalue weighted by atomic mass is 35.5. The molecule has 3 nitrogen and oxygen atoms in total. The fourth-order valence-corrected chi connectivity index (χ4v) is 2.05. The van der Waals surface area contributed by atoms with Crippen LogP contribution in [0, 0.1) is 0 Å². The van der Waals surface area contributed by atoms with Crippen LogP contribution in [0.1, 0.15) is 5.56 Å². The molecule has 0 spiro atoms. The number of hydrogen-bond donors (Lipinski definition) is 2. The lowest BCUT2D eigenvalue weighted by Gasteiger charge is -2.13. The van der Waals surface area contributed by atoms with Crippen molar-refractivity contribution in [3.63, 3.8) is 0 Å². The summed E-state index contributed by atoms with van der Waals surface area (Å²) in [5, 5.41) is 13.7. The number of benzene rings is 2. The Hall–Kier alpha value is -1.55. The molecule has 0 saturated heterocycles. The van der Waals surface area contributed by atoms with Crippen molar-refractivity contribution < 1.29 is 9.84 Å². The van der Waals surface area contributed by atoms with Gasteiger partial charge in [-0.05, 0) is 42.8 Å². The SMILES string of the molecule is OC(CNCCc1ccccc1)COc1ccc(Cl)cc1. The Balaban J connectivity index is 1.59. The first-order valence-corrected chi connectivity index (χ1v) is 7.43. The molecule has 0 aromatic heterocycles. The predicted molar refractivity (Wildman–Crippen MR) is 86.0 cm³/mol. The number of aliphatic hydroxyl groups excluding tert-OH is 1. The molecular weight excluding hydrogens is 286 g/mol. The Bertz CT molecular complexity index is 516. The van der Waals surface area contributed by atoms with Gasteiger partial charge < -0.3 is 15.2 Å². The van der Waals surface area contributed by atoms with E-state index in [-0.39, 0.29) is 6.61 Å². The van der Waals surface area contributed by atoms with Crippen LogP contribution in [0.15, 0.2) is 54.6 Å². The van der Waals surface area contributed by atoms with Crippen molar-refractivity contribution in [3.8, 4) is 5.75 Å². The minimum atomic E-state index is -0.531. The number of ether oxygens (including phenoxy) is 1. The van der Waals surface area contributed by atoms with Crippen molar-refractivity contribution in [1.82, 2.24) is 5.32 Å². The van der Waals surface area contributed by atoms with Crippen molar-refractivity contribution in [2.24, 2.45) is 0 Å². The van der Waals surface area contributed by atoms with Gasteiger partial charge in [0, 0.05) is 11.6 Å². The minimum Gasteiger partial charge on any atom is -0.491 e. The molecule has 2 aromatic carbocycles. The highest BCUT2D eigenvalue weighted by Gasteiger charge is 2.04. The molecule has 21 heavy (non-hydrogen) atoms. The summed E-state index contributed by atoms with van der Waals surface area (Å²) in [6.07, 6.45) is 0.419.